The molecular formula is C28H47ClN2O. The van der Waals surface area contributed by atoms with Crippen LogP contribution in [0.25, 0.3) is 0 Å². The highest BCUT2D eigenvalue weighted by Crippen LogP contribution is 2.25. The minimum Gasteiger partial charge on any atom is -0.306 e. The molecule has 1 saturated carbocycles. The number of nitrogens with zero attached hydrogens (tertiary/aromatic N) is 2. The molecule has 2 fully saturated rings. The Bertz CT molecular complexity index is 649. The zero-order chi connectivity index (χ0) is 24.4. The summed E-state index contributed by atoms with van der Waals surface area (Å²) in [7, 11) is 2.22. The van der Waals surface area contributed by atoms with Gasteiger partial charge in [0.25, 0.3) is 0 Å². The number of hydrogen-bond donors (Lipinski definition) is 0. The second kappa shape index (κ2) is 19.1. The summed E-state index contributed by atoms with van der Waals surface area (Å²) in [6.07, 6.45) is 13.2. The Morgan fingerprint density at radius 2 is 1.81 bits per heavy atom. The van der Waals surface area contributed by atoms with E-state index in [0.29, 0.717) is 17.0 Å². The lowest BCUT2D eigenvalue weighted by Gasteiger charge is -2.18. The summed E-state index contributed by atoms with van der Waals surface area (Å²) < 4.78 is 0. The van der Waals surface area contributed by atoms with E-state index in [2.05, 4.69) is 32.7 Å². The lowest BCUT2D eigenvalue weighted by Crippen LogP contribution is -2.17. The Balaban J connectivity index is 0.000000418. The van der Waals surface area contributed by atoms with Crippen LogP contribution in [0.2, 0.25) is 5.02 Å². The van der Waals surface area contributed by atoms with Gasteiger partial charge in [-0.1, -0.05) is 90.3 Å². The van der Waals surface area contributed by atoms with Gasteiger partial charge in [0.1, 0.15) is 12.4 Å². The van der Waals surface area contributed by atoms with E-state index in [-0.39, 0.29) is 0 Å². The van der Waals surface area contributed by atoms with Gasteiger partial charge in [-0.2, -0.15) is 5.26 Å². The van der Waals surface area contributed by atoms with Crippen molar-refractivity contribution in [3.8, 4) is 6.07 Å². The first-order valence-corrected chi connectivity index (χ1v) is 13.0. The Labute approximate surface area is 203 Å². The average molecular weight is 463 g/mol. The number of rotatable bonds is 4. The zero-order valence-electron chi connectivity index (χ0n) is 21.5. The maximum atomic E-state index is 9.17. The maximum absolute atomic E-state index is 9.17. The van der Waals surface area contributed by atoms with Gasteiger partial charge in [0.05, 0.1) is 10.6 Å². The summed E-state index contributed by atoms with van der Waals surface area (Å²) in [5.41, 5.74) is 1.61. The normalized spacial score (nSPS) is 19.1. The van der Waals surface area contributed by atoms with Gasteiger partial charge in [-0.25, -0.2) is 0 Å². The van der Waals surface area contributed by atoms with E-state index < -0.39 is 0 Å². The first-order chi connectivity index (χ1) is 15.3. The van der Waals surface area contributed by atoms with Crippen LogP contribution in [0, 0.1) is 36.0 Å². The minimum atomic E-state index is 0.530. The predicted octanol–water partition coefficient (Wildman–Crippen LogP) is 8.08. The van der Waals surface area contributed by atoms with Crippen molar-refractivity contribution >= 4 is 17.9 Å². The van der Waals surface area contributed by atoms with Gasteiger partial charge in [-0.3, -0.25) is 0 Å². The van der Waals surface area contributed by atoms with Crippen LogP contribution in [0.5, 0.6) is 0 Å². The highest BCUT2D eigenvalue weighted by atomic mass is 35.5. The summed E-state index contributed by atoms with van der Waals surface area (Å²) in [6.45, 7) is 13.4. The van der Waals surface area contributed by atoms with Crippen molar-refractivity contribution < 1.29 is 4.79 Å². The van der Waals surface area contributed by atoms with Gasteiger partial charge >= 0.3 is 0 Å². The number of halogens is 1. The van der Waals surface area contributed by atoms with E-state index in [4.69, 9.17) is 16.9 Å². The number of carbonyl (C=O) groups is 1. The Hall–Kier alpha value is -1.37. The van der Waals surface area contributed by atoms with Gasteiger partial charge in [-0.05, 0) is 62.4 Å². The molecule has 1 aromatic rings. The molecule has 0 N–H and O–H groups in total. The van der Waals surface area contributed by atoms with E-state index in [9.17, 15) is 4.79 Å². The van der Waals surface area contributed by atoms with E-state index in [1.807, 2.05) is 26.0 Å². The molecule has 2 atom stereocenters. The third-order valence-corrected chi connectivity index (χ3v) is 6.90. The monoisotopic (exact) mass is 462 g/mol. The molecule has 2 aliphatic rings. The number of nitriles is 1. The molecular weight excluding hydrogens is 416 g/mol. The van der Waals surface area contributed by atoms with Crippen molar-refractivity contribution in [1.29, 1.82) is 5.26 Å². The van der Waals surface area contributed by atoms with Crippen LogP contribution in [0.3, 0.4) is 0 Å². The first-order valence-electron chi connectivity index (χ1n) is 12.6. The SMILES string of the molecule is CCC(C)C1CCN(C)C1.CCC1CCCCC1.CCC=O.Cc1ccc(C#N)c(Cl)c1. The average Bonchev–Trinajstić information content (AvgIpc) is 3.26. The molecule has 182 valence electrons. The number of aldehydes is 1. The molecule has 0 radical (unpaired) electrons. The summed E-state index contributed by atoms with van der Waals surface area (Å²) in [5.74, 6) is 3.00. The second-order valence-corrected chi connectivity index (χ2v) is 9.69. The molecule has 32 heavy (non-hydrogen) atoms. The molecule has 3 nitrogen and oxygen atoms in total. The molecule has 0 amide bonds. The van der Waals surface area contributed by atoms with Crippen molar-refractivity contribution in [3.05, 3.63) is 34.3 Å². The molecule has 0 bridgehead atoms. The van der Waals surface area contributed by atoms with Crippen LogP contribution >= 0.6 is 11.6 Å². The predicted molar refractivity (Wildman–Crippen MR) is 139 cm³/mol. The van der Waals surface area contributed by atoms with Crippen LogP contribution in [0.4, 0.5) is 0 Å². The Kier molecular flexibility index (Phi) is 18.3. The summed E-state index contributed by atoms with van der Waals surface area (Å²) in [4.78, 5) is 11.6. The Morgan fingerprint density at radius 3 is 2.19 bits per heavy atom. The van der Waals surface area contributed by atoms with Crippen LogP contribution in [-0.2, 0) is 4.79 Å². The van der Waals surface area contributed by atoms with Crippen molar-refractivity contribution in [2.24, 2.45) is 17.8 Å². The molecule has 0 aromatic heterocycles. The summed E-state index contributed by atoms with van der Waals surface area (Å²) in [6, 6.07) is 7.35. The van der Waals surface area contributed by atoms with Gasteiger partial charge < -0.3 is 9.69 Å². The summed E-state index contributed by atoms with van der Waals surface area (Å²) in [5, 5.41) is 9.00. The molecule has 3 rings (SSSR count). The number of likely N-dealkylation sites (tertiary alicyclic amines) is 1. The minimum absolute atomic E-state index is 0.530. The van der Waals surface area contributed by atoms with Crippen molar-refractivity contribution in [2.45, 2.75) is 92.4 Å². The van der Waals surface area contributed by atoms with Gasteiger partial charge in [-0.15, -0.1) is 0 Å². The zero-order valence-corrected chi connectivity index (χ0v) is 22.3. The Morgan fingerprint density at radius 1 is 1.19 bits per heavy atom. The quantitative estimate of drug-likeness (QED) is 0.424. The van der Waals surface area contributed by atoms with E-state index >= 15 is 0 Å². The lowest BCUT2D eigenvalue weighted by atomic mass is 9.88. The molecule has 4 heteroatoms. The third kappa shape index (κ3) is 13.9. The highest BCUT2D eigenvalue weighted by molar-refractivity contribution is 6.31. The number of benzene rings is 1. The number of carbonyl (C=O) groups excluding carboxylic acids is 1. The lowest BCUT2D eigenvalue weighted by molar-refractivity contribution is -0.107. The van der Waals surface area contributed by atoms with Crippen molar-refractivity contribution in [3.63, 3.8) is 0 Å². The fourth-order valence-corrected chi connectivity index (χ4v) is 4.35. The van der Waals surface area contributed by atoms with Crippen LogP contribution < -0.4 is 0 Å². The highest BCUT2D eigenvalue weighted by Gasteiger charge is 2.23. The number of hydrogen-bond acceptors (Lipinski definition) is 3. The summed E-state index contributed by atoms with van der Waals surface area (Å²) >= 11 is 5.71. The molecule has 0 spiro atoms. The smallest absolute Gasteiger partial charge is 0.119 e. The van der Waals surface area contributed by atoms with Crippen molar-refractivity contribution in [2.75, 3.05) is 20.1 Å². The van der Waals surface area contributed by atoms with Gasteiger partial charge in [0.15, 0.2) is 0 Å². The van der Waals surface area contributed by atoms with Crippen LogP contribution in [0.1, 0.15) is 96.6 Å². The first kappa shape index (κ1) is 30.6. The van der Waals surface area contributed by atoms with Crippen LogP contribution in [-0.4, -0.2) is 31.3 Å². The van der Waals surface area contributed by atoms with E-state index in [1.54, 1.807) is 12.1 Å². The maximum Gasteiger partial charge on any atom is 0.119 e. The fraction of sp³-hybridized carbons (Fsp3) is 0.714. The molecule has 1 heterocycles. The van der Waals surface area contributed by atoms with E-state index in [0.717, 1.165) is 29.6 Å². The molecule has 1 aliphatic carbocycles. The standard InChI is InChI=1S/C9H19N.C8H6ClN.C8H16.C3H6O/c1-4-8(2)9-5-6-10(3)7-9;1-6-2-3-7(5-10)8(9)4-6;1-2-8-6-4-3-5-7-8;1-2-3-4/h8-9H,4-7H2,1-3H3;2-4H,1H3;8H,2-7H2,1H3;3H,2H2,1H3. The van der Waals surface area contributed by atoms with E-state index in [1.165, 1.54) is 64.5 Å². The third-order valence-electron chi connectivity index (χ3n) is 6.59. The topological polar surface area (TPSA) is 44.1 Å². The molecule has 1 saturated heterocycles. The molecule has 1 aromatic carbocycles. The molecule has 1 aliphatic heterocycles. The fourth-order valence-electron chi connectivity index (χ4n) is 4.07. The van der Waals surface area contributed by atoms with Crippen LogP contribution in [0.15, 0.2) is 18.2 Å². The molecule has 2 unspecified atom stereocenters. The van der Waals surface area contributed by atoms with Crippen molar-refractivity contribution in [1.82, 2.24) is 4.90 Å². The largest absolute Gasteiger partial charge is 0.306 e. The van der Waals surface area contributed by atoms with Gasteiger partial charge in [0.2, 0.25) is 0 Å². The number of aryl methyl sites for hydroxylation is 1. The van der Waals surface area contributed by atoms with Gasteiger partial charge in [0, 0.05) is 13.0 Å². The second-order valence-electron chi connectivity index (χ2n) is 9.28.